The Morgan fingerprint density at radius 2 is 2.40 bits per heavy atom. The summed E-state index contributed by atoms with van der Waals surface area (Å²) in [4.78, 5) is 0. The van der Waals surface area contributed by atoms with E-state index in [-0.39, 0.29) is 18.1 Å². The van der Waals surface area contributed by atoms with Crippen LogP contribution in [-0.2, 0) is 9.47 Å². The van der Waals surface area contributed by atoms with Gasteiger partial charge in [0.25, 0.3) is 0 Å². The summed E-state index contributed by atoms with van der Waals surface area (Å²) < 4.78 is 9.95. The molecule has 86 valence electrons. The summed E-state index contributed by atoms with van der Waals surface area (Å²) in [5, 5.41) is 18.7. The van der Waals surface area contributed by atoms with Crippen LogP contribution in [0.25, 0.3) is 0 Å². The molecule has 1 aliphatic carbocycles. The van der Waals surface area contributed by atoms with Crippen molar-refractivity contribution in [1.29, 1.82) is 5.26 Å². The van der Waals surface area contributed by atoms with E-state index in [1.54, 1.807) is 14.0 Å². The Labute approximate surface area is 90.8 Å². The molecule has 1 aliphatic rings. The predicted molar refractivity (Wildman–Crippen MR) is 54.9 cm³/mol. The molecular weight excluding hydrogens is 194 g/mol. The van der Waals surface area contributed by atoms with Crippen LogP contribution in [0.1, 0.15) is 26.2 Å². The van der Waals surface area contributed by atoms with Gasteiger partial charge < -0.3 is 14.6 Å². The van der Waals surface area contributed by atoms with Crippen molar-refractivity contribution in [2.24, 2.45) is 11.3 Å². The van der Waals surface area contributed by atoms with Crippen LogP contribution in [0.5, 0.6) is 0 Å². The van der Waals surface area contributed by atoms with Gasteiger partial charge in [-0.05, 0) is 26.2 Å². The fourth-order valence-electron chi connectivity index (χ4n) is 2.26. The summed E-state index contributed by atoms with van der Waals surface area (Å²) in [6.07, 6.45) is 2.09. The first-order valence-electron chi connectivity index (χ1n) is 5.32. The van der Waals surface area contributed by atoms with Crippen LogP contribution >= 0.6 is 0 Å². The highest BCUT2D eigenvalue weighted by Crippen LogP contribution is 2.50. The molecule has 0 bridgehead atoms. The van der Waals surface area contributed by atoms with Gasteiger partial charge in [-0.3, -0.25) is 0 Å². The molecule has 1 N–H and O–H groups in total. The summed E-state index contributed by atoms with van der Waals surface area (Å²) in [5.74, 6) is 0.105. The number of rotatable bonds is 6. The van der Waals surface area contributed by atoms with Crippen LogP contribution in [0.15, 0.2) is 0 Å². The molecule has 4 nitrogen and oxygen atoms in total. The lowest BCUT2D eigenvalue weighted by molar-refractivity contribution is -0.0682. The zero-order valence-electron chi connectivity index (χ0n) is 9.40. The minimum Gasteiger partial charge on any atom is -0.393 e. The maximum absolute atomic E-state index is 9.52. The number of hydrogen-bond donors (Lipinski definition) is 1. The topological polar surface area (TPSA) is 62.5 Å². The molecule has 0 heterocycles. The number of nitrogens with zero attached hydrogens (tertiary/aromatic N) is 1. The molecule has 1 unspecified atom stereocenters. The molecule has 4 heteroatoms. The molecular formula is C11H19NO3. The molecule has 0 saturated heterocycles. The van der Waals surface area contributed by atoms with Crippen LogP contribution in [0.2, 0.25) is 0 Å². The zero-order valence-corrected chi connectivity index (χ0v) is 9.40. The van der Waals surface area contributed by atoms with Gasteiger partial charge in [0, 0.05) is 13.0 Å². The normalized spacial score (nSPS) is 31.7. The van der Waals surface area contributed by atoms with E-state index < -0.39 is 6.10 Å². The molecule has 0 amide bonds. The molecule has 15 heavy (non-hydrogen) atoms. The van der Waals surface area contributed by atoms with E-state index in [4.69, 9.17) is 14.7 Å². The number of ether oxygens (including phenoxy) is 2. The Kier molecular flexibility index (Phi) is 4.52. The number of hydrogen-bond acceptors (Lipinski definition) is 4. The van der Waals surface area contributed by atoms with Crippen molar-refractivity contribution in [3.63, 3.8) is 0 Å². The largest absolute Gasteiger partial charge is 0.393 e. The quantitative estimate of drug-likeness (QED) is 0.533. The fourth-order valence-corrected chi connectivity index (χ4v) is 2.26. The second kappa shape index (κ2) is 5.45. The van der Waals surface area contributed by atoms with Crippen molar-refractivity contribution in [1.82, 2.24) is 0 Å². The molecule has 0 aromatic heterocycles. The molecule has 0 spiro atoms. The summed E-state index contributed by atoms with van der Waals surface area (Å²) >= 11 is 0. The number of aliphatic hydroxyl groups excluding tert-OH is 1. The summed E-state index contributed by atoms with van der Waals surface area (Å²) in [7, 11) is 1.57. The van der Waals surface area contributed by atoms with E-state index in [9.17, 15) is 5.11 Å². The first kappa shape index (κ1) is 12.4. The molecule has 1 fully saturated rings. The Morgan fingerprint density at radius 1 is 1.67 bits per heavy atom. The van der Waals surface area contributed by atoms with Gasteiger partial charge in [-0.15, -0.1) is 0 Å². The average Bonchev–Trinajstić information content (AvgIpc) is 2.16. The van der Waals surface area contributed by atoms with Gasteiger partial charge in [0.1, 0.15) is 6.79 Å². The third-order valence-electron chi connectivity index (χ3n) is 3.31. The van der Waals surface area contributed by atoms with Crippen molar-refractivity contribution >= 4 is 0 Å². The van der Waals surface area contributed by atoms with Gasteiger partial charge >= 0.3 is 0 Å². The van der Waals surface area contributed by atoms with Crippen molar-refractivity contribution in [3.05, 3.63) is 0 Å². The fraction of sp³-hybridized carbons (Fsp3) is 0.909. The minimum absolute atomic E-state index is 0.105. The van der Waals surface area contributed by atoms with E-state index in [2.05, 4.69) is 6.07 Å². The van der Waals surface area contributed by atoms with Gasteiger partial charge in [0.15, 0.2) is 0 Å². The third kappa shape index (κ3) is 2.69. The van der Waals surface area contributed by atoms with Crippen molar-refractivity contribution in [3.8, 4) is 6.07 Å². The Bertz CT molecular complexity index is 236. The van der Waals surface area contributed by atoms with Gasteiger partial charge in [-0.25, -0.2) is 0 Å². The zero-order chi connectivity index (χ0) is 11.3. The summed E-state index contributed by atoms with van der Waals surface area (Å²) in [5.41, 5.74) is -0.373. The van der Waals surface area contributed by atoms with Crippen molar-refractivity contribution in [2.45, 2.75) is 32.3 Å². The highest BCUT2D eigenvalue weighted by Gasteiger charge is 2.48. The van der Waals surface area contributed by atoms with Crippen LogP contribution in [-0.4, -0.2) is 31.7 Å². The van der Waals surface area contributed by atoms with E-state index in [0.29, 0.717) is 13.0 Å². The number of nitriles is 1. The molecule has 3 atom stereocenters. The van der Waals surface area contributed by atoms with Crippen LogP contribution in [0.3, 0.4) is 0 Å². The lowest BCUT2D eigenvalue weighted by atomic mass is 9.57. The van der Waals surface area contributed by atoms with Crippen molar-refractivity contribution < 1.29 is 14.6 Å². The second-order valence-electron chi connectivity index (χ2n) is 4.22. The lowest BCUT2D eigenvalue weighted by Crippen LogP contribution is -2.45. The first-order valence-corrected chi connectivity index (χ1v) is 5.32. The van der Waals surface area contributed by atoms with Gasteiger partial charge in [-0.1, -0.05) is 0 Å². The number of methoxy groups -OCH3 is 1. The van der Waals surface area contributed by atoms with E-state index in [0.717, 1.165) is 12.8 Å². The third-order valence-corrected chi connectivity index (χ3v) is 3.31. The Morgan fingerprint density at radius 3 is 2.80 bits per heavy atom. The molecule has 1 saturated carbocycles. The number of aliphatic hydroxyl groups is 1. The summed E-state index contributed by atoms with van der Waals surface area (Å²) in [6.45, 7) is 2.54. The maximum Gasteiger partial charge on any atom is 0.146 e. The maximum atomic E-state index is 9.52. The molecule has 0 aromatic rings. The van der Waals surface area contributed by atoms with E-state index in [1.165, 1.54) is 0 Å². The first-order chi connectivity index (χ1) is 7.16. The highest BCUT2D eigenvalue weighted by atomic mass is 16.7. The van der Waals surface area contributed by atoms with Gasteiger partial charge in [-0.2, -0.15) is 5.26 Å². The minimum atomic E-state index is -0.402. The average molecular weight is 213 g/mol. The monoisotopic (exact) mass is 213 g/mol. The Hall–Kier alpha value is -0.630. The van der Waals surface area contributed by atoms with E-state index in [1.807, 2.05) is 0 Å². The molecule has 0 radical (unpaired) electrons. The van der Waals surface area contributed by atoms with Crippen molar-refractivity contribution in [2.75, 3.05) is 20.5 Å². The molecule has 0 aromatic carbocycles. The second-order valence-corrected chi connectivity index (χ2v) is 4.22. The van der Waals surface area contributed by atoms with Crippen LogP contribution in [0.4, 0.5) is 0 Å². The van der Waals surface area contributed by atoms with E-state index >= 15 is 0 Å². The smallest absolute Gasteiger partial charge is 0.146 e. The predicted octanol–water partition coefficient (Wildman–Crippen LogP) is 1.30. The lowest BCUT2D eigenvalue weighted by Gasteiger charge is -2.46. The Balaban J connectivity index is 2.38. The van der Waals surface area contributed by atoms with Crippen LogP contribution < -0.4 is 0 Å². The van der Waals surface area contributed by atoms with Crippen LogP contribution in [0, 0.1) is 22.7 Å². The molecule has 0 aliphatic heterocycles. The van der Waals surface area contributed by atoms with Gasteiger partial charge in [0.2, 0.25) is 0 Å². The standard InChI is InChI=1S/C11H19NO3/c1-9(13)10-3-4-11(10,7-12)5-6-15-8-14-2/h9-10,13H,3-6,8H2,1-2H3/t9?,10-,11+/m0/s1. The highest BCUT2D eigenvalue weighted by molar-refractivity contribution is 5.10. The molecule has 1 rings (SSSR count). The van der Waals surface area contributed by atoms with Gasteiger partial charge in [0.05, 0.1) is 24.2 Å². The summed E-state index contributed by atoms with van der Waals surface area (Å²) in [6, 6.07) is 2.34. The SMILES string of the molecule is COCOCC[C@@]1(C#N)CC[C@H]1C(C)O.